The Kier molecular flexibility index (Phi) is 5.35. The van der Waals surface area contributed by atoms with Gasteiger partial charge in [0.15, 0.2) is 6.29 Å². The van der Waals surface area contributed by atoms with Crippen LogP contribution in [0.15, 0.2) is 42.5 Å². The Balaban J connectivity index is 1.67. The number of amides is 1. The van der Waals surface area contributed by atoms with Gasteiger partial charge in [0.2, 0.25) is 5.91 Å². The molecule has 1 heterocycles. The van der Waals surface area contributed by atoms with Gasteiger partial charge >= 0.3 is 0 Å². The van der Waals surface area contributed by atoms with E-state index in [0.717, 1.165) is 12.1 Å². The Morgan fingerprint density at radius 2 is 2.11 bits per heavy atom. The number of carbonyl (C=O) groups is 2. The number of hydrogen-bond donors (Lipinski definition) is 1. The molecule has 3 rings (SSSR count). The number of ether oxygens (including phenoxy) is 1. The van der Waals surface area contributed by atoms with Crippen LogP contribution in [0, 0.1) is 10.1 Å². The molecule has 140 valence electrons. The van der Waals surface area contributed by atoms with Gasteiger partial charge < -0.3 is 15.4 Å². The number of rotatable bonds is 8. The molecule has 27 heavy (non-hydrogen) atoms. The minimum atomic E-state index is -0.624. The van der Waals surface area contributed by atoms with Gasteiger partial charge in [-0.3, -0.25) is 19.7 Å². The lowest BCUT2D eigenvalue weighted by molar-refractivity contribution is -0.385. The third-order valence-corrected chi connectivity index (χ3v) is 4.61. The molecular formula is C19H19N3O5. The van der Waals surface area contributed by atoms with E-state index >= 15 is 0 Å². The summed E-state index contributed by atoms with van der Waals surface area (Å²) < 4.78 is 5.60. The number of primary amides is 1. The molecule has 0 saturated carbocycles. The number of hydrogen-bond acceptors (Lipinski definition) is 6. The number of nitro benzene ring substituents is 1. The zero-order chi connectivity index (χ0) is 19.4. The molecule has 0 saturated heterocycles. The SMILES string of the molecule is NC(=O)C(CCOc1ccc([N+](=O)[O-])c(C=O)c1)N1CCc2ccccc21. The van der Waals surface area contributed by atoms with Crippen molar-refractivity contribution in [1.82, 2.24) is 0 Å². The van der Waals surface area contributed by atoms with Crippen LogP contribution in [-0.4, -0.2) is 36.3 Å². The molecule has 2 aromatic rings. The molecule has 2 N–H and O–H groups in total. The first-order valence-corrected chi connectivity index (χ1v) is 8.51. The molecule has 0 spiro atoms. The number of carbonyl (C=O) groups excluding carboxylic acids is 2. The van der Waals surface area contributed by atoms with Gasteiger partial charge in [-0.25, -0.2) is 0 Å². The van der Waals surface area contributed by atoms with Gasteiger partial charge in [0, 0.05) is 24.7 Å². The van der Waals surface area contributed by atoms with E-state index in [9.17, 15) is 19.7 Å². The Bertz CT molecular complexity index is 883. The van der Waals surface area contributed by atoms with Gasteiger partial charge in [0.1, 0.15) is 11.8 Å². The number of nitrogens with zero attached hydrogens (tertiary/aromatic N) is 2. The lowest BCUT2D eigenvalue weighted by Gasteiger charge is -2.28. The van der Waals surface area contributed by atoms with E-state index in [0.29, 0.717) is 25.0 Å². The fourth-order valence-corrected chi connectivity index (χ4v) is 3.31. The van der Waals surface area contributed by atoms with E-state index in [-0.39, 0.29) is 17.9 Å². The second kappa shape index (κ2) is 7.86. The predicted octanol–water partition coefficient (Wildman–Crippen LogP) is 2.09. The van der Waals surface area contributed by atoms with Crippen LogP contribution in [0.4, 0.5) is 11.4 Å². The van der Waals surface area contributed by atoms with Crippen molar-refractivity contribution < 1.29 is 19.2 Å². The Hall–Kier alpha value is -3.42. The average Bonchev–Trinajstić information content (AvgIpc) is 3.08. The maximum atomic E-state index is 12.0. The lowest BCUT2D eigenvalue weighted by atomic mass is 10.1. The van der Waals surface area contributed by atoms with E-state index < -0.39 is 16.9 Å². The van der Waals surface area contributed by atoms with Crippen molar-refractivity contribution in [3.8, 4) is 5.75 Å². The van der Waals surface area contributed by atoms with Crippen LogP contribution < -0.4 is 15.4 Å². The first-order valence-electron chi connectivity index (χ1n) is 8.51. The van der Waals surface area contributed by atoms with Gasteiger partial charge in [-0.05, 0) is 30.2 Å². The zero-order valence-electron chi connectivity index (χ0n) is 14.5. The summed E-state index contributed by atoms with van der Waals surface area (Å²) in [6, 6.07) is 11.3. The van der Waals surface area contributed by atoms with Crippen LogP contribution in [0.1, 0.15) is 22.3 Å². The van der Waals surface area contributed by atoms with Crippen molar-refractivity contribution in [2.75, 3.05) is 18.1 Å². The summed E-state index contributed by atoms with van der Waals surface area (Å²) >= 11 is 0. The van der Waals surface area contributed by atoms with Gasteiger partial charge in [0.25, 0.3) is 5.69 Å². The highest BCUT2D eigenvalue weighted by Gasteiger charge is 2.29. The third kappa shape index (κ3) is 3.89. The maximum Gasteiger partial charge on any atom is 0.280 e. The number of para-hydroxylation sites is 1. The first kappa shape index (κ1) is 18.4. The van der Waals surface area contributed by atoms with Crippen molar-refractivity contribution in [2.24, 2.45) is 5.73 Å². The Morgan fingerprint density at radius 1 is 1.33 bits per heavy atom. The topological polar surface area (TPSA) is 116 Å². The number of nitrogens with two attached hydrogens (primary N) is 1. The molecular weight excluding hydrogens is 350 g/mol. The van der Waals surface area contributed by atoms with Crippen LogP contribution in [0.5, 0.6) is 5.75 Å². The molecule has 2 aromatic carbocycles. The molecule has 0 aliphatic carbocycles. The van der Waals surface area contributed by atoms with E-state index in [2.05, 4.69) is 0 Å². The Labute approximate surface area is 155 Å². The highest BCUT2D eigenvalue weighted by molar-refractivity contribution is 5.84. The van der Waals surface area contributed by atoms with Crippen LogP contribution in [0.3, 0.4) is 0 Å². The standard InChI is InChI=1S/C19H19N3O5/c20-19(24)18(21-9-7-13-3-1-2-4-16(13)21)8-10-27-15-5-6-17(22(25)26)14(11-15)12-23/h1-6,11-12,18H,7-10H2,(H2,20,24). The van der Waals surface area contributed by atoms with Crippen LogP contribution in [-0.2, 0) is 11.2 Å². The molecule has 0 bridgehead atoms. The quantitative estimate of drug-likeness (QED) is 0.433. The summed E-state index contributed by atoms with van der Waals surface area (Å²) in [5.41, 5.74) is 7.44. The zero-order valence-corrected chi connectivity index (χ0v) is 14.5. The number of benzene rings is 2. The fourth-order valence-electron chi connectivity index (χ4n) is 3.31. The average molecular weight is 369 g/mol. The molecule has 1 aliphatic heterocycles. The largest absolute Gasteiger partial charge is 0.493 e. The molecule has 0 aromatic heterocycles. The van der Waals surface area contributed by atoms with Crippen molar-refractivity contribution >= 4 is 23.6 Å². The first-order chi connectivity index (χ1) is 13.0. The second-order valence-corrected chi connectivity index (χ2v) is 6.22. The van der Waals surface area contributed by atoms with Crippen LogP contribution in [0.2, 0.25) is 0 Å². The van der Waals surface area contributed by atoms with Crippen LogP contribution in [0.25, 0.3) is 0 Å². The smallest absolute Gasteiger partial charge is 0.280 e. The number of nitro groups is 1. The van der Waals surface area contributed by atoms with Gasteiger partial charge in [0.05, 0.1) is 17.1 Å². The van der Waals surface area contributed by atoms with E-state index in [4.69, 9.17) is 10.5 Å². The van der Waals surface area contributed by atoms with E-state index in [1.807, 2.05) is 29.2 Å². The summed E-state index contributed by atoms with van der Waals surface area (Å²) in [6.07, 6.45) is 1.63. The molecule has 1 unspecified atom stereocenters. The molecule has 0 radical (unpaired) electrons. The molecule has 1 amide bonds. The number of aldehydes is 1. The summed E-state index contributed by atoms with van der Waals surface area (Å²) in [5, 5.41) is 10.9. The van der Waals surface area contributed by atoms with Gasteiger partial charge in [-0.15, -0.1) is 0 Å². The molecule has 1 aliphatic rings. The minimum Gasteiger partial charge on any atom is -0.493 e. The lowest BCUT2D eigenvalue weighted by Crippen LogP contribution is -2.45. The predicted molar refractivity (Wildman–Crippen MR) is 99.1 cm³/mol. The summed E-state index contributed by atoms with van der Waals surface area (Å²) in [6.45, 7) is 0.891. The monoisotopic (exact) mass is 369 g/mol. The van der Waals surface area contributed by atoms with Crippen molar-refractivity contribution in [3.63, 3.8) is 0 Å². The fraction of sp³-hybridized carbons (Fsp3) is 0.263. The van der Waals surface area contributed by atoms with E-state index in [1.165, 1.54) is 23.8 Å². The highest BCUT2D eigenvalue weighted by Crippen LogP contribution is 2.30. The van der Waals surface area contributed by atoms with Crippen LogP contribution >= 0.6 is 0 Å². The van der Waals surface area contributed by atoms with Crippen molar-refractivity contribution in [2.45, 2.75) is 18.9 Å². The van der Waals surface area contributed by atoms with Crippen molar-refractivity contribution in [1.29, 1.82) is 0 Å². The van der Waals surface area contributed by atoms with Gasteiger partial charge in [-0.1, -0.05) is 18.2 Å². The minimum absolute atomic E-state index is 0.0579. The number of fused-ring (bicyclic) bond motifs is 1. The van der Waals surface area contributed by atoms with E-state index in [1.54, 1.807) is 0 Å². The Morgan fingerprint density at radius 3 is 2.81 bits per heavy atom. The second-order valence-electron chi connectivity index (χ2n) is 6.22. The molecule has 1 atom stereocenters. The summed E-state index contributed by atoms with van der Waals surface area (Å²) in [4.78, 5) is 35.2. The summed E-state index contributed by atoms with van der Waals surface area (Å²) in [7, 11) is 0. The highest BCUT2D eigenvalue weighted by atomic mass is 16.6. The molecule has 8 nitrogen and oxygen atoms in total. The third-order valence-electron chi connectivity index (χ3n) is 4.61. The normalized spacial score (nSPS) is 13.7. The summed E-state index contributed by atoms with van der Waals surface area (Å²) in [5.74, 6) is -0.111. The number of anilines is 1. The van der Waals surface area contributed by atoms with Gasteiger partial charge in [-0.2, -0.15) is 0 Å². The molecule has 0 fully saturated rings. The van der Waals surface area contributed by atoms with Crippen molar-refractivity contribution in [3.05, 3.63) is 63.7 Å². The maximum absolute atomic E-state index is 12.0. The molecule has 8 heteroatoms.